The first-order valence-corrected chi connectivity index (χ1v) is 11.5. The van der Waals surface area contributed by atoms with Crippen LogP contribution in [-0.4, -0.2) is 20.4 Å². The zero-order valence-corrected chi connectivity index (χ0v) is 19.2. The van der Waals surface area contributed by atoms with Crippen LogP contribution in [0.5, 0.6) is 0 Å². The quantitative estimate of drug-likeness (QED) is 0.339. The van der Waals surface area contributed by atoms with Crippen LogP contribution in [0, 0.1) is 23.7 Å². The standard InChI is InChI=1S/C26H30N4O2/c1-4-7-9-11-23-27-29-25(31-23)17-14-20-13-15-22(21(6-3)19-20)16-18-26-30-28-24(32-26)12-10-8-5-2/h13,15,19H,4-12H2,1-3H3. The maximum absolute atomic E-state index is 5.63. The lowest BCUT2D eigenvalue weighted by Crippen LogP contribution is -1.89. The molecule has 0 saturated heterocycles. The van der Waals surface area contributed by atoms with Crippen LogP contribution in [0.25, 0.3) is 0 Å². The summed E-state index contributed by atoms with van der Waals surface area (Å²) in [5, 5.41) is 16.2. The molecule has 0 N–H and O–H groups in total. The lowest BCUT2D eigenvalue weighted by Gasteiger charge is -2.01. The van der Waals surface area contributed by atoms with Gasteiger partial charge in [0.1, 0.15) is 0 Å². The number of aryl methyl sites for hydroxylation is 3. The normalized spacial score (nSPS) is 10.3. The van der Waals surface area contributed by atoms with Crippen LogP contribution in [0.1, 0.15) is 99.5 Å². The van der Waals surface area contributed by atoms with E-state index >= 15 is 0 Å². The highest BCUT2D eigenvalue weighted by atomic mass is 16.4. The molecular weight excluding hydrogens is 400 g/mol. The highest BCUT2D eigenvalue weighted by Gasteiger charge is 2.05. The zero-order chi connectivity index (χ0) is 22.6. The van der Waals surface area contributed by atoms with E-state index in [0.717, 1.165) is 74.5 Å². The summed E-state index contributed by atoms with van der Waals surface area (Å²) in [6.45, 7) is 6.43. The maximum atomic E-state index is 5.63. The Morgan fingerprint density at radius 1 is 0.688 bits per heavy atom. The Hall–Kier alpha value is -3.38. The third-order valence-corrected chi connectivity index (χ3v) is 5.03. The largest absolute Gasteiger partial charge is 0.414 e. The highest BCUT2D eigenvalue weighted by Crippen LogP contribution is 2.13. The molecule has 32 heavy (non-hydrogen) atoms. The topological polar surface area (TPSA) is 77.8 Å². The average molecular weight is 431 g/mol. The highest BCUT2D eigenvalue weighted by molar-refractivity contribution is 5.49. The summed E-state index contributed by atoms with van der Waals surface area (Å²) in [6, 6.07) is 5.95. The van der Waals surface area contributed by atoms with Crippen molar-refractivity contribution >= 4 is 0 Å². The molecule has 6 heteroatoms. The molecule has 6 nitrogen and oxygen atoms in total. The molecule has 2 aromatic heterocycles. The van der Waals surface area contributed by atoms with Crippen molar-refractivity contribution in [2.75, 3.05) is 0 Å². The number of unbranched alkanes of at least 4 members (excludes halogenated alkanes) is 4. The Balaban J connectivity index is 1.66. The first-order chi connectivity index (χ1) is 15.7. The molecule has 0 radical (unpaired) electrons. The van der Waals surface area contributed by atoms with Gasteiger partial charge in [0.05, 0.1) is 0 Å². The van der Waals surface area contributed by atoms with Crippen molar-refractivity contribution in [2.45, 2.75) is 78.6 Å². The van der Waals surface area contributed by atoms with E-state index in [9.17, 15) is 0 Å². The number of hydrogen-bond donors (Lipinski definition) is 0. The second-order valence-corrected chi connectivity index (χ2v) is 7.64. The molecule has 0 fully saturated rings. The Labute approximate surface area is 190 Å². The molecule has 0 aliphatic carbocycles. The van der Waals surface area contributed by atoms with Crippen LogP contribution >= 0.6 is 0 Å². The van der Waals surface area contributed by atoms with Gasteiger partial charge >= 0.3 is 0 Å². The van der Waals surface area contributed by atoms with Crippen molar-refractivity contribution in [3.63, 3.8) is 0 Å². The third-order valence-electron chi connectivity index (χ3n) is 5.03. The molecular formula is C26H30N4O2. The summed E-state index contributed by atoms with van der Waals surface area (Å²) >= 11 is 0. The number of benzene rings is 1. The van der Waals surface area contributed by atoms with E-state index in [0.29, 0.717) is 23.6 Å². The van der Waals surface area contributed by atoms with Gasteiger partial charge < -0.3 is 8.83 Å². The molecule has 0 unspecified atom stereocenters. The van der Waals surface area contributed by atoms with Gasteiger partial charge in [0.25, 0.3) is 11.8 Å². The molecule has 166 valence electrons. The van der Waals surface area contributed by atoms with Crippen LogP contribution in [0.2, 0.25) is 0 Å². The summed E-state index contributed by atoms with van der Waals surface area (Å²) in [4.78, 5) is 0. The van der Waals surface area contributed by atoms with Gasteiger partial charge in [0, 0.05) is 24.0 Å². The molecule has 1 aromatic carbocycles. The molecule has 0 aliphatic rings. The second kappa shape index (κ2) is 12.5. The van der Waals surface area contributed by atoms with E-state index in [1.165, 1.54) is 0 Å². The van der Waals surface area contributed by atoms with E-state index in [1.54, 1.807) is 0 Å². The number of aromatic nitrogens is 4. The summed E-state index contributed by atoms with van der Waals surface area (Å²) in [7, 11) is 0. The first kappa shape index (κ1) is 23.3. The lowest BCUT2D eigenvalue weighted by molar-refractivity contribution is 0.472. The second-order valence-electron chi connectivity index (χ2n) is 7.64. The molecule has 0 spiro atoms. The predicted molar refractivity (Wildman–Crippen MR) is 123 cm³/mol. The minimum atomic E-state index is 0.351. The molecule has 0 aliphatic heterocycles. The fourth-order valence-corrected chi connectivity index (χ4v) is 3.20. The average Bonchev–Trinajstić information content (AvgIpc) is 3.46. The first-order valence-electron chi connectivity index (χ1n) is 11.5. The Bertz CT molecular complexity index is 1120. The van der Waals surface area contributed by atoms with Gasteiger partial charge in [-0.05, 0) is 54.9 Å². The Morgan fingerprint density at radius 3 is 1.84 bits per heavy atom. The fraction of sp³-hybridized carbons (Fsp3) is 0.462. The number of hydrogen-bond acceptors (Lipinski definition) is 6. The van der Waals surface area contributed by atoms with Crippen LogP contribution in [0.15, 0.2) is 27.0 Å². The van der Waals surface area contributed by atoms with Crippen LogP contribution in [0.3, 0.4) is 0 Å². The van der Waals surface area contributed by atoms with Crippen molar-refractivity contribution in [1.82, 2.24) is 20.4 Å². The van der Waals surface area contributed by atoms with Crippen molar-refractivity contribution in [2.24, 2.45) is 0 Å². The summed E-state index contributed by atoms with van der Waals surface area (Å²) in [6.07, 6.45) is 9.19. The van der Waals surface area contributed by atoms with Gasteiger partial charge in [-0.2, -0.15) is 0 Å². The number of rotatable bonds is 9. The smallest absolute Gasteiger partial charge is 0.294 e. The van der Waals surface area contributed by atoms with E-state index in [2.05, 4.69) is 64.8 Å². The fourth-order valence-electron chi connectivity index (χ4n) is 3.20. The van der Waals surface area contributed by atoms with Gasteiger partial charge in [-0.25, -0.2) is 0 Å². The van der Waals surface area contributed by atoms with Crippen LogP contribution < -0.4 is 0 Å². The summed E-state index contributed by atoms with van der Waals surface area (Å²) < 4.78 is 11.2. The molecule has 0 amide bonds. The minimum Gasteiger partial charge on any atom is -0.414 e. The maximum Gasteiger partial charge on any atom is 0.294 e. The van der Waals surface area contributed by atoms with Crippen molar-refractivity contribution < 1.29 is 8.83 Å². The van der Waals surface area contributed by atoms with Crippen molar-refractivity contribution in [3.05, 3.63) is 58.5 Å². The SMILES string of the molecule is CCCCCc1nnc(C#Cc2ccc(C#Cc3nnc(CCCCC)o3)c(CC)c2)o1. The monoisotopic (exact) mass is 430 g/mol. The third kappa shape index (κ3) is 7.10. The lowest BCUT2D eigenvalue weighted by atomic mass is 10.0. The van der Waals surface area contributed by atoms with E-state index in [-0.39, 0.29) is 0 Å². The van der Waals surface area contributed by atoms with Crippen LogP contribution in [-0.2, 0) is 19.3 Å². The van der Waals surface area contributed by atoms with Gasteiger partial charge in [-0.3, -0.25) is 0 Å². The van der Waals surface area contributed by atoms with Crippen molar-refractivity contribution in [1.29, 1.82) is 0 Å². The van der Waals surface area contributed by atoms with Crippen LogP contribution in [0.4, 0.5) is 0 Å². The molecule has 0 bridgehead atoms. The van der Waals surface area contributed by atoms with Gasteiger partial charge in [-0.15, -0.1) is 10.2 Å². The van der Waals surface area contributed by atoms with E-state index in [4.69, 9.17) is 8.83 Å². The summed E-state index contributed by atoms with van der Waals surface area (Å²) in [5.74, 6) is 14.2. The molecule has 2 heterocycles. The van der Waals surface area contributed by atoms with Gasteiger partial charge in [0.2, 0.25) is 11.8 Å². The molecule has 0 atom stereocenters. The Kier molecular flexibility index (Phi) is 9.07. The van der Waals surface area contributed by atoms with Gasteiger partial charge in [0.15, 0.2) is 0 Å². The minimum absolute atomic E-state index is 0.351. The van der Waals surface area contributed by atoms with E-state index < -0.39 is 0 Å². The molecule has 3 rings (SSSR count). The van der Waals surface area contributed by atoms with Crippen molar-refractivity contribution in [3.8, 4) is 23.7 Å². The summed E-state index contributed by atoms with van der Waals surface area (Å²) in [5.41, 5.74) is 2.92. The zero-order valence-electron chi connectivity index (χ0n) is 19.2. The van der Waals surface area contributed by atoms with Gasteiger partial charge in [-0.1, -0.05) is 68.5 Å². The molecule has 3 aromatic rings. The number of nitrogens with zero attached hydrogens (tertiary/aromatic N) is 4. The Morgan fingerprint density at radius 2 is 1.28 bits per heavy atom. The predicted octanol–water partition coefficient (Wildman–Crippen LogP) is 5.28. The van der Waals surface area contributed by atoms with E-state index in [1.807, 2.05) is 18.2 Å². The molecule has 0 saturated carbocycles.